The second kappa shape index (κ2) is 11.7. The zero-order chi connectivity index (χ0) is 30.0. The molecular formula is C28H28N10O3S. The van der Waals surface area contributed by atoms with E-state index in [4.69, 9.17) is 5.73 Å². The number of rotatable bonds is 8. The number of amides is 2. The molecule has 0 unspecified atom stereocenters. The van der Waals surface area contributed by atoms with Gasteiger partial charge in [-0.3, -0.25) is 19.5 Å². The van der Waals surface area contributed by atoms with Gasteiger partial charge in [0, 0.05) is 30.9 Å². The predicted octanol–water partition coefficient (Wildman–Crippen LogP) is 2.65. The van der Waals surface area contributed by atoms with E-state index in [1.54, 1.807) is 68.6 Å². The lowest BCUT2D eigenvalue weighted by Gasteiger charge is -2.16. The highest BCUT2D eigenvalue weighted by molar-refractivity contribution is 7.15. The molecule has 3 aromatic heterocycles. The number of benzene rings is 2. The first kappa shape index (κ1) is 28.3. The Kier molecular flexibility index (Phi) is 7.91. The number of nitrogens with one attached hydrogen (secondary N) is 1. The van der Waals surface area contributed by atoms with E-state index >= 15 is 0 Å². The molecule has 0 aliphatic carbocycles. The van der Waals surface area contributed by atoms with Gasteiger partial charge in [0.05, 0.1) is 11.4 Å². The molecule has 13 nitrogen and oxygen atoms in total. The number of fused-ring (bicyclic) bond motifs is 1. The zero-order valence-electron chi connectivity index (χ0n) is 23.3. The Morgan fingerprint density at radius 2 is 1.79 bits per heavy atom. The number of carbonyl (C=O) groups is 2. The fraction of sp³-hybridized carbons (Fsp3) is 0.179. The third-order valence-electron chi connectivity index (χ3n) is 6.32. The van der Waals surface area contributed by atoms with Crippen molar-refractivity contribution in [3.63, 3.8) is 0 Å². The standard InChI is InChI=1S/C28H28N10O3S/c1-17-33-34-27(42-17)32-26(40)18-10-12-19(13-11-18)37-23-24(29)30-16-31-25(23)38(28(37)41)21-8-5-7-20(15-21)36(4)22(39)9-6-14-35(2)3/h5-13,15-16H,14H2,1-4H3,(H2,29,30,31)(H,32,34,40)/b9-6+. The quantitative estimate of drug-likeness (QED) is 0.262. The van der Waals surface area contributed by atoms with Gasteiger partial charge in [-0.25, -0.2) is 19.3 Å². The maximum absolute atomic E-state index is 13.9. The van der Waals surface area contributed by atoms with Crippen LogP contribution in [0.15, 0.2) is 71.8 Å². The monoisotopic (exact) mass is 584 g/mol. The molecule has 5 rings (SSSR count). The van der Waals surface area contributed by atoms with E-state index in [1.807, 2.05) is 19.0 Å². The average molecular weight is 585 g/mol. The molecule has 0 saturated heterocycles. The molecule has 0 radical (unpaired) electrons. The van der Waals surface area contributed by atoms with Crippen molar-refractivity contribution in [1.82, 2.24) is 34.2 Å². The summed E-state index contributed by atoms with van der Waals surface area (Å²) in [5.41, 5.74) is 8.30. The van der Waals surface area contributed by atoms with Crippen LogP contribution in [0, 0.1) is 6.92 Å². The van der Waals surface area contributed by atoms with E-state index in [0.717, 1.165) is 5.01 Å². The third-order valence-corrected chi connectivity index (χ3v) is 7.07. The first-order valence-corrected chi connectivity index (χ1v) is 13.6. The fourth-order valence-electron chi connectivity index (χ4n) is 4.24. The van der Waals surface area contributed by atoms with Crippen LogP contribution in [0.3, 0.4) is 0 Å². The largest absolute Gasteiger partial charge is 0.382 e. The Balaban J connectivity index is 1.52. The number of aromatic nitrogens is 6. The highest BCUT2D eigenvalue weighted by Gasteiger charge is 2.21. The second-order valence-corrected chi connectivity index (χ2v) is 10.8. The lowest BCUT2D eigenvalue weighted by molar-refractivity contribution is -0.113. The first-order valence-electron chi connectivity index (χ1n) is 12.8. The van der Waals surface area contributed by atoms with Crippen LogP contribution in [0.25, 0.3) is 22.5 Å². The van der Waals surface area contributed by atoms with E-state index in [9.17, 15) is 14.4 Å². The van der Waals surface area contributed by atoms with Gasteiger partial charge in [-0.15, -0.1) is 10.2 Å². The van der Waals surface area contributed by atoms with Crippen molar-refractivity contribution in [3.05, 3.63) is 88.1 Å². The van der Waals surface area contributed by atoms with Gasteiger partial charge >= 0.3 is 5.69 Å². The van der Waals surface area contributed by atoms with E-state index in [1.165, 1.54) is 37.8 Å². The van der Waals surface area contributed by atoms with E-state index in [0.29, 0.717) is 39.8 Å². The molecular weight excluding hydrogens is 556 g/mol. The van der Waals surface area contributed by atoms with Gasteiger partial charge in [-0.05, 0) is 63.5 Å². The number of nitrogens with two attached hydrogens (primary N) is 1. The maximum Gasteiger partial charge on any atom is 0.339 e. The van der Waals surface area contributed by atoms with Crippen LogP contribution >= 0.6 is 11.3 Å². The van der Waals surface area contributed by atoms with Crippen LogP contribution < -0.4 is 21.6 Å². The number of aryl methyl sites for hydroxylation is 1. The summed E-state index contributed by atoms with van der Waals surface area (Å²) in [5, 5.41) is 11.6. The molecule has 0 spiro atoms. The number of carbonyl (C=O) groups excluding carboxylic acids is 2. The number of hydrogen-bond acceptors (Lipinski definition) is 10. The molecule has 0 bridgehead atoms. The Bertz CT molecular complexity index is 1870. The van der Waals surface area contributed by atoms with E-state index in [-0.39, 0.29) is 23.3 Å². The number of imidazole rings is 1. The molecule has 214 valence electrons. The van der Waals surface area contributed by atoms with Crippen LogP contribution in [0.4, 0.5) is 16.6 Å². The molecule has 0 fully saturated rings. The normalized spacial score (nSPS) is 11.5. The van der Waals surface area contributed by atoms with Gasteiger partial charge in [-0.2, -0.15) is 0 Å². The van der Waals surface area contributed by atoms with Crippen molar-refractivity contribution in [2.75, 3.05) is 43.6 Å². The molecule has 5 aromatic rings. The fourth-order valence-corrected chi connectivity index (χ4v) is 4.83. The van der Waals surface area contributed by atoms with Crippen LogP contribution in [0.1, 0.15) is 15.4 Å². The highest BCUT2D eigenvalue weighted by Crippen LogP contribution is 2.25. The highest BCUT2D eigenvalue weighted by atomic mass is 32.1. The number of anilines is 3. The van der Waals surface area contributed by atoms with Gasteiger partial charge in [0.2, 0.25) is 11.0 Å². The smallest absolute Gasteiger partial charge is 0.339 e. The average Bonchev–Trinajstić information content (AvgIpc) is 3.52. The molecule has 0 atom stereocenters. The van der Waals surface area contributed by atoms with Gasteiger partial charge in [0.15, 0.2) is 11.5 Å². The minimum atomic E-state index is -0.448. The van der Waals surface area contributed by atoms with Crippen molar-refractivity contribution in [3.8, 4) is 11.4 Å². The van der Waals surface area contributed by atoms with Gasteiger partial charge in [0.25, 0.3) is 5.91 Å². The van der Waals surface area contributed by atoms with Crippen LogP contribution in [0.2, 0.25) is 0 Å². The van der Waals surface area contributed by atoms with Crippen molar-refractivity contribution in [2.24, 2.45) is 0 Å². The first-order chi connectivity index (χ1) is 20.1. The Hall–Kier alpha value is -5.21. The predicted molar refractivity (Wildman–Crippen MR) is 163 cm³/mol. The Labute approximate surface area is 244 Å². The summed E-state index contributed by atoms with van der Waals surface area (Å²) in [5.74, 6) is -0.457. The van der Waals surface area contributed by atoms with Crippen LogP contribution in [-0.4, -0.2) is 73.7 Å². The minimum Gasteiger partial charge on any atom is -0.382 e. The number of nitrogen functional groups attached to an aromatic ring is 1. The lowest BCUT2D eigenvalue weighted by Crippen LogP contribution is -2.25. The molecule has 0 saturated carbocycles. The van der Waals surface area contributed by atoms with Crippen LogP contribution in [0.5, 0.6) is 0 Å². The minimum absolute atomic E-state index is 0.110. The summed E-state index contributed by atoms with van der Waals surface area (Å²) >= 11 is 1.27. The van der Waals surface area contributed by atoms with Crippen molar-refractivity contribution < 1.29 is 9.59 Å². The Morgan fingerprint density at radius 3 is 2.48 bits per heavy atom. The topological polar surface area (TPSA) is 157 Å². The zero-order valence-corrected chi connectivity index (χ0v) is 24.2. The molecule has 2 aromatic carbocycles. The maximum atomic E-state index is 13.9. The molecule has 0 aliphatic rings. The molecule has 3 heterocycles. The summed E-state index contributed by atoms with van der Waals surface area (Å²) in [6.45, 7) is 2.43. The molecule has 14 heteroatoms. The molecule has 2 amide bonds. The number of likely N-dealkylation sites (N-methyl/N-ethyl adjacent to an activating group) is 2. The van der Waals surface area contributed by atoms with Gasteiger partial charge in [0.1, 0.15) is 16.9 Å². The molecule has 0 aliphatic heterocycles. The summed E-state index contributed by atoms with van der Waals surface area (Å²) in [6, 6.07) is 13.5. The third kappa shape index (κ3) is 5.66. The summed E-state index contributed by atoms with van der Waals surface area (Å²) in [7, 11) is 5.50. The van der Waals surface area contributed by atoms with Gasteiger partial charge in [-0.1, -0.05) is 23.5 Å². The van der Waals surface area contributed by atoms with E-state index < -0.39 is 5.69 Å². The SMILES string of the molecule is Cc1nnc(NC(=O)c2ccc(-n3c(=O)n(-c4cccc(N(C)C(=O)/C=C/CN(C)C)c4)c4ncnc(N)c43)cc2)s1. The summed E-state index contributed by atoms with van der Waals surface area (Å²) < 4.78 is 2.81. The molecule has 3 N–H and O–H groups in total. The summed E-state index contributed by atoms with van der Waals surface area (Å²) in [6.07, 6.45) is 4.58. The van der Waals surface area contributed by atoms with Crippen LogP contribution in [-0.2, 0) is 4.79 Å². The Morgan fingerprint density at radius 1 is 1.02 bits per heavy atom. The second-order valence-electron chi connectivity index (χ2n) is 9.59. The van der Waals surface area contributed by atoms with Crippen molar-refractivity contribution >= 4 is 51.0 Å². The molecule has 42 heavy (non-hydrogen) atoms. The van der Waals surface area contributed by atoms with Gasteiger partial charge < -0.3 is 15.5 Å². The number of nitrogens with zero attached hydrogens (tertiary/aromatic N) is 8. The van der Waals surface area contributed by atoms with Crippen molar-refractivity contribution in [2.45, 2.75) is 6.92 Å². The van der Waals surface area contributed by atoms with E-state index in [2.05, 4.69) is 25.5 Å². The number of hydrogen-bond donors (Lipinski definition) is 2. The lowest BCUT2D eigenvalue weighted by atomic mass is 10.2. The summed E-state index contributed by atoms with van der Waals surface area (Å²) in [4.78, 5) is 51.3. The van der Waals surface area contributed by atoms with Crippen molar-refractivity contribution in [1.29, 1.82) is 0 Å².